The molecule has 0 amide bonds. The van der Waals surface area contributed by atoms with Crippen molar-refractivity contribution in [2.24, 2.45) is 10.9 Å². The molecule has 1 heterocycles. The van der Waals surface area contributed by atoms with Gasteiger partial charge in [0.2, 0.25) is 0 Å². The van der Waals surface area contributed by atoms with E-state index in [2.05, 4.69) is 10.5 Å². The minimum absolute atomic E-state index is 0.103. The molecular formula is C15H23N3O3. The zero-order chi connectivity index (χ0) is 15.1. The van der Waals surface area contributed by atoms with Crippen molar-refractivity contribution in [3.63, 3.8) is 0 Å². The fraction of sp³-hybridized carbons (Fsp3) is 0.533. The van der Waals surface area contributed by atoms with E-state index in [0.29, 0.717) is 39.0 Å². The molecule has 116 valence electrons. The lowest BCUT2D eigenvalue weighted by atomic mass is 9.93. The second kappa shape index (κ2) is 7.40. The van der Waals surface area contributed by atoms with Crippen molar-refractivity contribution in [2.75, 3.05) is 19.8 Å². The molecule has 1 saturated heterocycles. The molecule has 1 unspecified atom stereocenters. The van der Waals surface area contributed by atoms with Gasteiger partial charge in [0.25, 0.3) is 0 Å². The van der Waals surface area contributed by atoms with Gasteiger partial charge in [0.15, 0.2) is 0 Å². The number of hydrogen-bond donors (Lipinski definition) is 4. The Morgan fingerprint density at radius 1 is 1.33 bits per heavy atom. The summed E-state index contributed by atoms with van der Waals surface area (Å²) in [4.78, 5) is 0. The Labute approximate surface area is 124 Å². The molecule has 6 heteroatoms. The smallest absolute Gasteiger partial charge is 0.141 e. The van der Waals surface area contributed by atoms with Gasteiger partial charge in [-0.25, -0.2) is 0 Å². The number of amidine groups is 1. The van der Waals surface area contributed by atoms with Crippen molar-refractivity contribution in [1.82, 2.24) is 5.32 Å². The molecule has 21 heavy (non-hydrogen) atoms. The van der Waals surface area contributed by atoms with Gasteiger partial charge in [-0.3, -0.25) is 0 Å². The Balaban J connectivity index is 2.02. The van der Waals surface area contributed by atoms with Crippen LogP contribution in [0.2, 0.25) is 0 Å². The topological polar surface area (TPSA) is 100 Å². The quantitative estimate of drug-likeness (QED) is 0.271. The molecule has 0 bridgehead atoms. The third-order valence-electron chi connectivity index (χ3n) is 3.84. The second-order valence-electron chi connectivity index (χ2n) is 5.48. The largest absolute Gasteiger partial charge is 0.409 e. The number of aliphatic hydroxyl groups is 1. The molecule has 1 aliphatic heterocycles. The van der Waals surface area contributed by atoms with Crippen LogP contribution in [0.5, 0.6) is 0 Å². The molecule has 5 N–H and O–H groups in total. The number of hydrogen-bond acceptors (Lipinski definition) is 5. The van der Waals surface area contributed by atoms with Crippen molar-refractivity contribution in [1.29, 1.82) is 0 Å². The van der Waals surface area contributed by atoms with E-state index in [0.717, 1.165) is 5.56 Å². The van der Waals surface area contributed by atoms with Crippen LogP contribution in [0.15, 0.2) is 35.5 Å². The average molecular weight is 293 g/mol. The molecule has 1 atom stereocenters. The lowest BCUT2D eigenvalue weighted by Crippen LogP contribution is -2.46. The van der Waals surface area contributed by atoms with Crippen molar-refractivity contribution in [2.45, 2.75) is 30.9 Å². The molecule has 0 aliphatic carbocycles. The highest BCUT2D eigenvalue weighted by atomic mass is 16.5. The summed E-state index contributed by atoms with van der Waals surface area (Å²) < 4.78 is 5.28. The van der Waals surface area contributed by atoms with Crippen LogP contribution < -0.4 is 11.1 Å². The summed E-state index contributed by atoms with van der Waals surface area (Å²) in [6.07, 6.45) is 1.61. The first-order chi connectivity index (χ1) is 10.1. The first-order valence-corrected chi connectivity index (χ1v) is 7.18. The summed E-state index contributed by atoms with van der Waals surface area (Å²) in [6, 6.07) is 9.69. The van der Waals surface area contributed by atoms with Crippen LogP contribution in [0, 0.1) is 0 Å². The lowest BCUT2D eigenvalue weighted by Gasteiger charge is -2.34. The van der Waals surface area contributed by atoms with E-state index in [4.69, 9.17) is 15.7 Å². The van der Waals surface area contributed by atoms with Crippen molar-refractivity contribution < 1.29 is 15.1 Å². The number of benzene rings is 1. The van der Waals surface area contributed by atoms with Gasteiger partial charge in [-0.15, -0.1) is 0 Å². The molecule has 2 rings (SSSR count). The van der Waals surface area contributed by atoms with Gasteiger partial charge in [0.05, 0.1) is 5.60 Å². The lowest BCUT2D eigenvalue weighted by molar-refractivity contribution is -0.0627. The molecular weight excluding hydrogens is 270 g/mol. The van der Waals surface area contributed by atoms with Crippen LogP contribution in [0.1, 0.15) is 30.9 Å². The van der Waals surface area contributed by atoms with Gasteiger partial charge < -0.3 is 26.1 Å². The average Bonchev–Trinajstić information content (AvgIpc) is 2.52. The third-order valence-corrected chi connectivity index (χ3v) is 3.84. The van der Waals surface area contributed by atoms with E-state index in [-0.39, 0.29) is 11.9 Å². The van der Waals surface area contributed by atoms with Crippen LogP contribution >= 0.6 is 0 Å². The number of oxime groups is 1. The molecule has 1 fully saturated rings. The summed E-state index contributed by atoms with van der Waals surface area (Å²) in [5.74, 6) is 0.162. The summed E-state index contributed by atoms with van der Waals surface area (Å²) in [7, 11) is 0. The van der Waals surface area contributed by atoms with Crippen LogP contribution in [0.3, 0.4) is 0 Å². The Bertz CT molecular complexity index is 458. The number of rotatable bonds is 6. The number of ether oxygens (including phenoxy) is 1. The van der Waals surface area contributed by atoms with Gasteiger partial charge in [-0.1, -0.05) is 35.5 Å². The predicted molar refractivity (Wildman–Crippen MR) is 80.2 cm³/mol. The van der Waals surface area contributed by atoms with Gasteiger partial charge >= 0.3 is 0 Å². The van der Waals surface area contributed by atoms with Gasteiger partial charge in [-0.2, -0.15) is 0 Å². The molecule has 0 aromatic heterocycles. The number of nitrogens with one attached hydrogen (secondary N) is 1. The van der Waals surface area contributed by atoms with E-state index in [9.17, 15) is 5.11 Å². The van der Waals surface area contributed by atoms with Crippen LogP contribution in [0.4, 0.5) is 0 Å². The highest BCUT2D eigenvalue weighted by molar-refractivity contribution is 5.80. The maximum absolute atomic E-state index is 10.5. The summed E-state index contributed by atoms with van der Waals surface area (Å²) in [6.45, 7) is 1.61. The Morgan fingerprint density at radius 2 is 2.00 bits per heavy atom. The van der Waals surface area contributed by atoms with E-state index in [1.807, 2.05) is 30.3 Å². The first kappa shape index (κ1) is 15.8. The van der Waals surface area contributed by atoms with E-state index < -0.39 is 5.60 Å². The minimum Gasteiger partial charge on any atom is -0.409 e. The highest BCUT2D eigenvalue weighted by Gasteiger charge is 2.30. The monoisotopic (exact) mass is 293 g/mol. The minimum atomic E-state index is -0.754. The summed E-state index contributed by atoms with van der Waals surface area (Å²) in [5, 5.41) is 25.6. The molecule has 0 radical (unpaired) electrons. The standard InChI is InChI=1S/C15H23N3O3/c16-14(18-20)10-13(12-4-2-1-3-5-12)17-11-15(19)6-8-21-9-7-15/h1-5,13,17,19-20H,6-11H2,(H2,16,18). The van der Waals surface area contributed by atoms with Gasteiger partial charge in [0.1, 0.15) is 5.84 Å². The maximum atomic E-state index is 10.5. The third kappa shape index (κ3) is 4.70. The Hall–Kier alpha value is -1.63. The Kier molecular flexibility index (Phi) is 5.55. The molecule has 0 saturated carbocycles. The number of nitrogens with zero attached hydrogens (tertiary/aromatic N) is 1. The van der Waals surface area contributed by atoms with Crippen molar-refractivity contribution >= 4 is 5.84 Å². The van der Waals surface area contributed by atoms with E-state index in [1.54, 1.807) is 0 Å². The van der Waals surface area contributed by atoms with Gasteiger partial charge in [0, 0.05) is 45.1 Å². The normalized spacial score (nSPS) is 20.1. The molecule has 6 nitrogen and oxygen atoms in total. The molecule has 1 aromatic carbocycles. The second-order valence-corrected chi connectivity index (χ2v) is 5.48. The van der Waals surface area contributed by atoms with Crippen molar-refractivity contribution in [3.8, 4) is 0 Å². The predicted octanol–water partition coefficient (Wildman–Crippen LogP) is 0.995. The Morgan fingerprint density at radius 3 is 2.62 bits per heavy atom. The SMILES string of the molecule is N/C(CC(NCC1(O)CCOCC1)c1ccccc1)=N/O. The summed E-state index contributed by atoms with van der Waals surface area (Å²) >= 11 is 0. The van der Waals surface area contributed by atoms with Crippen molar-refractivity contribution in [3.05, 3.63) is 35.9 Å². The van der Waals surface area contributed by atoms with Crippen LogP contribution in [-0.4, -0.2) is 41.5 Å². The molecule has 0 spiro atoms. The molecule has 1 aliphatic rings. The first-order valence-electron chi connectivity index (χ1n) is 7.18. The highest BCUT2D eigenvalue weighted by Crippen LogP contribution is 2.22. The number of nitrogens with two attached hydrogens (primary N) is 1. The van der Waals surface area contributed by atoms with Gasteiger partial charge in [-0.05, 0) is 5.56 Å². The fourth-order valence-electron chi connectivity index (χ4n) is 2.48. The molecule has 1 aromatic rings. The zero-order valence-electron chi connectivity index (χ0n) is 12.0. The maximum Gasteiger partial charge on any atom is 0.141 e. The zero-order valence-corrected chi connectivity index (χ0v) is 12.0. The van der Waals surface area contributed by atoms with Crippen LogP contribution in [0.25, 0.3) is 0 Å². The van der Waals surface area contributed by atoms with E-state index >= 15 is 0 Å². The van der Waals surface area contributed by atoms with E-state index in [1.165, 1.54) is 0 Å². The van der Waals surface area contributed by atoms with Crippen LogP contribution in [-0.2, 0) is 4.74 Å². The fourth-order valence-corrected chi connectivity index (χ4v) is 2.48. The summed E-state index contributed by atoms with van der Waals surface area (Å²) in [5.41, 5.74) is 5.92.